The van der Waals surface area contributed by atoms with E-state index in [1.165, 1.54) is 12.1 Å². The van der Waals surface area contributed by atoms with E-state index in [0.29, 0.717) is 43.7 Å². The van der Waals surface area contributed by atoms with E-state index in [1.807, 2.05) is 13.8 Å². The lowest BCUT2D eigenvalue weighted by Gasteiger charge is -2.29. The zero-order valence-corrected chi connectivity index (χ0v) is 14.7. The van der Waals surface area contributed by atoms with Crippen LogP contribution in [0.1, 0.15) is 36.6 Å². The maximum absolute atomic E-state index is 12.8. The number of alkyl halides is 3. The van der Waals surface area contributed by atoms with Crippen LogP contribution < -0.4 is 4.90 Å². The molecule has 0 radical (unpaired) electrons. The van der Waals surface area contributed by atoms with Crippen LogP contribution in [0.2, 0.25) is 0 Å². The van der Waals surface area contributed by atoms with Gasteiger partial charge in [-0.2, -0.15) is 13.2 Å². The number of anilines is 1. The van der Waals surface area contributed by atoms with Crippen LogP contribution in [0.5, 0.6) is 0 Å². The van der Waals surface area contributed by atoms with Crippen LogP contribution in [0, 0.1) is 6.92 Å². The average molecular weight is 363 g/mol. The molecule has 0 unspecified atom stereocenters. The smallest absolute Gasteiger partial charge is 0.355 e. The van der Waals surface area contributed by atoms with Crippen molar-refractivity contribution in [3.05, 3.63) is 41.1 Å². The van der Waals surface area contributed by atoms with E-state index in [2.05, 4.69) is 14.9 Å². The molecular weight excluding hydrogens is 343 g/mol. The summed E-state index contributed by atoms with van der Waals surface area (Å²) >= 11 is 0. The zero-order chi connectivity index (χ0) is 18.9. The standard InChI is InChI=1S/C19H20F3N3O/c1-3-16-12(2)18(25-10-8-15(26)9-11-25)24-17(23-16)13-4-6-14(7-5-13)19(20,21)22/h4-7H,3,8-11H2,1-2H3. The average Bonchev–Trinajstić information content (AvgIpc) is 2.62. The number of ketones is 1. The number of rotatable bonds is 3. The van der Waals surface area contributed by atoms with Gasteiger partial charge in [0.05, 0.1) is 5.56 Å². The van der Waals surface area contributed by atoms with Gasteiger partial charge in [0.1, 0.15) is 11.6 Å². The molecule has 0 atom stereocenters. The SMILES string of the molecule is CCc1nc(-c2ccc(C(F)(F)F)cc2)nc(N2CCC(=O)CC2)c1C. The van der Waals surface area contributed by atoms with Crippen LogP contribution in [-0.2, 0) is 17.4 Å². The number of hydrogen-bond acceptors (Lipinski definition) is 4. The Kier molecular flexibility index (Phi) is 4.98. The number of aryl methyl sites for hydroxylation is 1. The number of piperidine rings is 1. The second-order valence-corrected chi connectivity index (χ2v) is 6.40. The maximum Gasteiger partial charge on any atom is 0.416 e. The van der Waals surface area contributed by atoms with E-state index in [9.17, 15) is 18.0 Å². The lowest BCUT2D eigenvalue weighted by molar-refractivity contribution is -0.137. The highest BCUT2D eigenvalue weighted by Crippen LogP contribution is 2.31. The first-order valence-electron chi connectivity index (χ1n) is 8.61. The summed E-state index contributed by atoms with van der Waals surface area (Å²) in [6, 6.07) is 4.89. The number of nitrogens with zero attached hydrogens (tertiary/aromatic N) is 3. The number of hydrogen-bond donors (Lipinski definition) is 0. The van der Waals surface area contributed by atoms with Crippen molar-refractivity contribution in [3.8, 4) is 11.4 Å². The molecule has 0 bridgehead atoms. The number of aromatic nitrogens is 2. The molecule has 1 fully saturated rings. The van der Waals surface area contributed by atoms with Crippen molar-refractivity contribution in [2.75, 3.05) is 18.0 Å². The predicted molar refractivity (Wildman–Crippen MR) is 93.0 cm³/mol. The molecule has 26 heavy (non-hydrogen) atoms. The third-order valence-electron chi connectivity index (χ3n) is 4.65. The minimum atomic E-state index is -4.37. The van der Waals surface area contributed by atoms with E-state index in [-0.39, 0.29) is 5.78 Å². The van der Waals surface area contributed by atoms with Gasteiger partial charge in [-0.05, 0) is 25.5 Å². The van der Waals surface area contributed by atoms with Gasteiger partial charge in [0, 0.05) is 42.8 Å². The molecule has 7 heteroatoms. The van der Waals surface area contributed by atoms with Gasteiger partial charge in [-0.15, -0.1) is 0 Å². The van der Waals surface area contributed by atoms with Crippen molar-refractivity contribution in [2.45, 2.75) is 39.3 Å². The summed E-state index contributed by atoms with van der Waals surface area (Å²) in [5.74, 6) is 1.42. The van der Waals surface area contributed by atoms with Gasteiger partial charge >= 0.3 is 6.18 Å². The van der Waals surface area contributed by atoms with Crippen molar-refractivity contribution in [1.29, 1.82) is 0 Å². The quantitative estimate of drug-likeness (QED) is 0.820. The van der Waals surface area contributed by atoms with Gasteiger partial charge in [0.15, 0.2) is 5.82 Å². The Hall–Kier alpha value is -2.44. The largest absolute Gasteiger partial charge is 0.416 e. The molecule has 0 amide bonds. The van der Waals surface area contributed by atoms with Crippen molar-refractivity contribution in [2.24, 2.45) is 0 Å². The molecular formula is C19H20F3N3O. The minimum Gasteiger partial charge on any atom is -0.355 e. The van der Waals surface area contributed by atoms with Gasteiger partial charge in [0.25, 0.3) is 0 Å². The Labute approximate surface area is 150 Å². The van der Waals surface area contributed by atoms with Crippen LogP contribution >= 0.6 is 0 Å². The van der Waals surface area contributed by atoms with E-state index in [0.717, 1.165) is 29.2 Å². The Balaban J connectivity index is 1.99. The molecule has 138 valence electrons. The van der Waals surface area contributed by atoms with Crippen molar-refractivity contribution >= 4 is 11.6 Å². The highest BCUT2D eigenvalue weighted by atomic mass is 19.4. The first-order valence-corrected chi connectivity index (χ1v) is 8.61. The lowest BCUT2D eigenvalue weighted by Crippen LogP contribution is -2.35. The summed E-state index contributed by atoms with van der Waals surface area (Å²) in [5, 5.41) is 0. The number of carbonyl (C=O) groups is 1. The van der Waals surface area contributed by atoms with Gasteiger partial charge in [0.2, 0.25) is 0 Å². The van der Waals surface area contributed by atoms with Crippen LogP contribution in [-0.4, -0.2) is 28.8 Å². The molecule has 2 heterocycles. The summed E-state index contributed by atoms with van der Waals surface area (Å²) in [5.41, 5.74) is 1.67. The van der Waals surface area contributed by atoms with E-state index in [4.69, 9.17) is 0 Å². The van der Waals surface area contributed by atoms with Crippen LogP contribution in [0.25, 0.3) is 11.4 Å². The maximum atomic E-state index is 12.8. The molecule has 1 aromatic carbocycles. The summed E-state index contributed by atoms with van der Waals surface area (Å²) in [6.45, 7) is 5.13. The number of halogens is 3. The topological polar surface area (TPSA) is 46.1 Å². The highest BCUT2D eigenvalue weighted by Gasteiger charge is 2.30. The minimum absolute atomic E-state index is 0.242. The summed E-state index contributed by atoms with van der Waals surface area (Å²) in [6.07, 6.45) is -2.70. The lowest BCUT2D eigenvalue weighted by atomic mass is 10.1. The third-order valence-corrected chi connectivity index (χ3v) is 4.65. The van der Waals surface area contributed by atoms with Crippen molar-refractivity contribution in [3.63, 3.8) is 0 Å². The van der Waals surface area contributed by atoms with Gasteiger partial charge in [-0.3, -0.25) is 4.79 Å². The van der Waals surface area contributed by atoms with Gasteiger partial charge < -0.3 is 4.90 Å². The summed E-state index contributed by atoms with van der Waals surface area (Å²) in [7, 11) is 0. The number of Topliss-reactive ketones (excluding diaryl/α,β-unsaturated/α-hetero) is 1. The molecule has 3 rings (SSSR count). The second-order valence-electron chi connectivity index (χ2n) is 6.40. The monoisotopic (exact) mass is 363 g/mol. The molecule has 0 saturated carbocycles. The summed E-state index contributed by atoms with van der Waals surface area (Å²) < 4.78 is 38.3. The Morgan fingerprint density at radius 3 is 2.23 bits per heavy atom. The van der Waals surface area contributed by atoms with Gasteiger partial charge in [-0.1, -0.05) is 19.1 Å². The van der Waals surface area contributed by atoms with E-state index in [1.54, 1.807) is 0 Å². The zero-order valence-electron chi connectivity index (χ0n) is 14.7. The fourth-order valence-electron chi connectivity index (χ4n) is 3.11. The Morgan fingerprint density at radius 1 is 1.08 bits per heavy atom. The van der Waals surface area contributed by atoms with Crippen molar-refractivity contribution in [1.82, 2.24) is 9.97 Å². The third kappa shape index (κ3) is 3.71. The molecule has 2 aromatic rings. The van der Waals surface area contributed by atoms with Crippen LogP contribution in [0.4, 0.5) is 19.0 Å². The van der Waals surface area contributed by atoms with E-state index < -0.39 is 11.7 Å². The summed E-state index contributed by atoms with van der Waals surface area (Å²) in [4.78, 5) is 22.7. The van der Waals surface area contributed by atoms with Crippen molar-refractivity contribution < 1.29 is 18.0 Å². The first-order chi connectivity index (χ1) is 12.3. The van der Waals surface area contributed by atoms with Crippen LogP contribution in [0.3, 0.4) is 0 Å². The molecule has 4 nitrogen and oxygen atoms in total. The molecule has 0 N–H and O–H groups in total. The molecule has 1 aliphatic rings. The Morgan fingerprint density at radius 2 is 1.69 bits per heavy atom. The highest BCUT2D eigenvalue weighted by molar-refractivity contribution is 5.81. The van der Waals surface area contributed by atoms with E-state index >= 15 is 0 Å². The molecule has 1 saturated heterocycles. The fourth-order valence-corrected chi connectivity index (χ4v) is 3.11. The first kappa shape index (κ1) is 18.4. The molecule has 0 aliphatic carbocycles. The van der Waals surface area contributed by atoms with Crippen LogP contribution in [0.15, 0.2) is 24.3 Å². The second kappa shape index (κ2) is 7.05. The number of carbonyl (C=O) groups excluding carboxylic acids is 1. The normalized spacial score (nSPS) is 15.4. The van der Waals surface area contributed by atoms with Gasteiger partial charge in [-0.25, -0.2) is 9.97 Å². The molecule has 0 spiro atoms. The fraction of sp³-hybridized carbons (Fsp3) is 0.421. The predicted octanol–water partition coefficient (Wildman–Crippen LogP) is 4.20. The molecule has 1 aromatic heterocycles. The number of benzene rings is 1. The molecule has 1 aliphatic heterocycles. The Bertz CT molecular complexity index is 806.